The zero-order valence-corrected chi connectivity index (χ0v) is 13.1. The molecule has 0 saturated heterocycles. The lowest BCUT2D eigenvalue weighted by molar-refractivity contribution is 0.102. The summed E-state index contributed by atoms with van der Waals surface area (Å²) in [7, 11) is 0. The minimum Gasteiger partial charge on any atom is -0.321 e. The number of para-hydroxylation sites is 1. The minimum absolute atomic E-state index is 0.109. The average molecular weight is 347 g/mol. The number of hydrogen-bond acceptors (Lipinski definition) is 3. The van der Waals surface area contributed by atoms with Gasteiger partial charge in [0, 0.05) is 16.5 Å². The first-order chi connectivity index (χ1) is 9.63. The Labute approximate surface area is 128 Å². The van der Waals surface area contributed by atoms with E-state index in [0.29, 0.717) is 5.56 Å². The van der Waals surface area contributed by atoms with E-state index < -0.39 is 0 Å². The highest BCUT2D eigenvalue weighted by Gasteiger charge is 2.11. The van der Waals surface area contributed by atoms with Gasteiger partial charge in [-0.1, -0.05) is 18.2 Å². The molecule has 0 aliphatic rings. The maximum atomic E-state index is 12.2. The van der Waals surface area contributed by atoms with E-state index in [2.05, 4.69) is 26.2 Å². The molecule has 20 heavy (non-hydrogen) atoms. The van der Waals surface area contributed by atoms with E-state index in [4.69, 9.17) is 0 Å². The van der Waals surface area contributed by atoms with Crippen molar-refractivity contribution in [2.75, 3.05) is 5.32 Å². The van der Waals surface area contributed by atoms with Crippen LogP contribution in [0.5, 0.6) is 0 Å². The second kappa shape index (κ2) is 5.34. The Bertz CT molecular complexity index is 797. The molecule has 3 aromatic rings. The highest BCUT2D eigenvalue weighted by Crippen LogP contribution is 2.25. The van der Waals surface area contributed by atoms with Crippen molar-refractivity contribution in [3.05, 3.63) is 56.8 Å². The summed E-state index contributed by atoms with van der Waals surface area (Å²) in [6.07, 6.45) is 0. The molecule has 1 amide bonds. The number of nitrogens with zero attached hydrogens (tertiary/aromatic N) is 1. The van der Waals surface area contributed by atoms with Crippen LogP contribution in [0.3, 0.4) is 0 Å². The van der Waals surface area contributed by atoms with Gasteiger partial charge in [-0.05, 0) is 41.1 Å². The first-order valence-electron chi connectivity index (χ1n) is 6.05. The fourth-order valence-electron chi connectivity index (χ4n) is 2.03. The molecule has 0 bridgehead atoms. The number of carbonyl (C=O) groups excluding carboxylic acids is 1. The molecular weight excluding hydrogens is 336 g/mol. The number of fused-ring (bicyclic) bond motifs is 1. The number of halogens is 1. The number of aryl methyl sites for hydroxylation is 1. The van der Waals surface area contributed by atoms with Crippen LogP contribution in [0.1, 0.15) is 16.1 Å². The number of anilines is 1. The predicted molar refractivity (Wildman–Crippen MR) is 86.5 cm³/mol. The number of nitrogens with one attached hydrogen (secondary N) is 1. The smallest absolute Gasteiger partial charge is 0.256 e. The van der Waals surface area contributed by atoms with Crippen molar-refractivity contribution in [3.63, 3.8) is 0 Å². The maximum absolute atomic E-state index is 12.2. The van der Waals surface area contributed by atoms with Crippen molar-refractivity contribution >= 4 is 49.8 Å². The van der Waals surface area contributed by atoms with E-state index in [-0.39, 0.29) is 5.91 Å². The van der Waals surface area contributed by atoms with Gasteiger partial charge in [-0.25, -0.2) is 0 Å². The van der Waals surface area contributed by atoms with Crippen molar-refractivity contribution in [1.29, 1.82) is 0 Å². The third-order valence-corrected chi connectivity index (χ3v) is 4.43. The normalized spacial score (nSPS) is 10.7. The molecule has 2 heterocycles. The molecule has 3 nitrogen and oxygen atoms in total. The molecule has 5 heteroatoms. The summed E-state index contributed by atoms with van der Waals surface area (Å²) in [5, 5.41) is 5.74. The molecule has 3 rings (SSSR count). The largest absolute Gasteiger partial charge is 0.321 e. The molecule has 0 atom stereocenters. The van der Waals surface area contributed by atoms with Crippen LogP contribution in [0.25, 0.3) is 10.9 Å². The van der Waals surface area contributed by atoms with Crippen molar-refractivity contribution < 1.29 is 4.79 Å². The van der Waals surface area contributed by atoms with Gasteiger partial charge in [-0.15, -0.1) is 11.3 Å². The molecule has 1 aromatic carbocycles. The van der Waals surface area contributed by atoms with E-state index in [1.54, 1.807) is 0 Å². The van der Waals surface area contributed by atoms with Crippen molar-refractivity contribution in [3.8, 4) is 0 Å². The highest BCUT2D eigenvalue weighted by atomic mass is 79.9. The van der Waals surface area contributed by atoms with Crippen LogP contribution >= 0.6 is 27.3 Å². The zero-order chi connectivity index (χ0) is 14.1. The molecule has 0 spiro atoms. The summed E-state index contributed by atoms with van der Waals surface area (Å²) < 4.78 is 0.943. The fourth-order valence-corrected chi connectivity index (χ4v) is 3.17. The Morgan fingerprint density at radius 2 is 2.10 bits per heavy atom. The zero-order valence-electron chi connectivity index (χ0n) is 10.7. The lowest BCUT2D eigenvalue weighted by Gasteiger charge is -2.09. The van der Waals surface area contributed by atoms with E-state index in [0.717, 1.165) is 26.1 Å². The fraction of sp³-hybridized carbons (Fsp3) is 0.0667. The summed E-state index contributed by atoms with van der Waals surface area (Å²) in [4.78, 5) is 16.7. The molecule has 0 fully saturated rings. The third-order valence-electron chi connectivity index (χ3n) is 2.92. The van der Waals surface area contributed by atoms with Crippen molar-refractivity contribution in [2.24, 2.45) is 0 Å². The molecule has 0 aliphatic carbocycles. The second-order valence-corrected chi connectivity index (χ2v) is 6.71. The standard InChI is InChI=1S/C15H11BrN2OS/c1-9-6-13(11-4-2-3-5-12(11)17-9)18-15(19)10-7-14(16)20-8-10/h2-8H,1H3,(H,17,18,19). The Balaban J connectivity index is 2.00. The van der Waals surface area contributed by atoms with E-state index in [1.807, 2.05) is 48.7 Å². The van der Waals surface area contributed by atoms with E-state index in [1.165, 1.54) is 11.3 Å². The van der Waals surface area contributed by atoms with Gasteiger partial charge >= 0.3 is 0 Å². The molecule has 0 radical (unpaired) electrons. The van der Waals surface area contributed by atoms with Crippen LogP contribution < -0.4 is 5.32 Å². The number of pyridine rings is 1. The molecule has 1 N–H and O–H groups in total. The summed E-state index contributed by atoms with van der Waals surface area (Å²) in [5.74, 6) is -0.109. The second-order valence-electron chi connectivity index (χ2n) is 4.42. The molecule has 0 unspecified atom stereocenters. The number of aromatic nitrogens is 1. The van der Waals surface area contributed by atoms with Gasteiger partial charge in [0.05, 0.1) is 20.6 Å². The number of carbonyl (C=O) groups is 1. The maximum Gasteiger partial charge on any atom is 0.256 e. The summed E-state index contributed by atoms with van der Waals surface area (Å²) >= 11 is 4.86. The molecule has 100 valence electrons. The predicted octanol–water partition coefficient (Wildman–Crippen LogP) is 4.62. The van der Waals surface area contributed by atoms with E-state index in [9.17, 15) is 4.79 Å². The number of rotatable bonds is 2. The van der Waals surface area contributed by atoms with Crippen molar-refractivity contribution in [2.45, 2.75) is 6.92 Å². The molecule has 0 aliphatic heterocycles. The van der Waals surface area contributed by atoms with Gasteiger partial charge in [0.1, 0.15) is 0 Å². The summed E-state index contributed by atoms with van der Waals surface area (Å²) in [6, 6.07) is 11.5. The van der Waals surface area contributed by atoms with Gasteiger partial charge in [0.25, 0.3) is 5.91 Å². The van der Waals surface area contributed by atoms with Crippen molar-refractivity contribution in [1.82, 2.24) is 4.98 Å². The topological polar surface area (TPSA) is 42.0 Å². The van der Waals surface area contributed by atoms with Gasteiger partial charge < -0.3 is 5.32 Å². The monoisotopic (exact) mass is 346 g/mol. The van der Waals surface area contributed by atoms with Gasteiger partial charge in [-0.2, -0.15) is 0 Å². The highest BCUT2D eigenvalue weighted by molar-refractivity contribution is 9.11. The van der Waals surface area contributed by atoms with Crippen LogP contribution in [0.2, 0.25) is 0 Å². The molecule has 0 saturated carbocycles. The lowest BCUT2D eigenvalue weighted by Crippen LogP contribution is -2.11. The molecule has 2 aromatic heterocycles. The quantitative estimate of drug-likeness (QED) is 0.735. The van der Waals surface area contributed by atoms with Gasteiger partial charge in [0.2, 0.25) is 0 Å². The Hall–Kier alpha value is -1.72. The Morgan fingerprint density at radius 1 is 1.30 bits per heavy atom. The van der Waals surface area contributed by atoms with Gasteiger partial charge in [-0.3, -0.25) is 9.78 Å². The summed E-state index contributed by atoms with van der Waals surface area (Å²) in [6.45, 7) is 1.92. The SMILES string of the molecule is Cc1cc(NC(=O)c2csc(Br)c2)c2ccccc2n1. The van der Waals surface area contributed by atoms with Crippen LogP contribution in [0.4, 0.5) is 5.69 Å². The Morgan fingerprint density at radius 3 is 2.85 bits per heavy atom. The first kappa shape index (κ1) is 13.3. The Kier molecular flexibility index (Phi) is 3.54. The number of hydrogen-bond donors (Lipinski definition) is 1. The average Bonchev–Trinajstić information content (AvgIpc) is 2.85. The number of amides is 1. The summed E-state index contributed by atoms with van der Waals surface area (Å²) in [5.41, 5.74) is 3.21. The van der Waals surface area contributed by atoms with E-state index >= 15 is 0 Å². The minimum atomic E-state index is -0.109. The van der Waals surface area contributed by atoms with Gasteiger partial charge in [0.15, 0.2) is 0 Å². The van der Waals surface area contributed by atoms with Crippen LogP contribution in [0, 0.1) is 6.92 Å². The third kappa shape index (κ3) is 2.59. The van der Waals surface area contributed by atoms with Crippen LogP contribution in [0.15, 0.2) is 45.6 Å². The van der Waals surface area contributed by atoms with Crippen LogP contribution in [-0.2, 0) is 0 Å². The molecular formula is C15H11BrN2OS. The first-order valence-corrected chi connectivity index (χ1v) is 7.72. The number of benzene rings is 1. The lowest BCUT2D eigenvalue weighted by atomic mass is 10.1. The number of thiophene rings is 1. The van der Waals surface area contributed by atoms with Crippen LogP contribution in [-0.4, -0.2) is 10.9 Å².